The molecule has 0 aromatic heterocycles. The molecule has 23 heavy (non-hydrogen) atoms. The molecule has 2 saturated heterocycles. The van der Waals surface area contributed by atoms with Crippen molar-refractivity contribution >= 4 is 19.0 Å². The van der Waals surface area contributed by atoms with Crippen LogP contribution in [0.25, 0.3) is 0 Å². The van der Waals surface area contributed by atoms with Crippen LogP contribution in [0.4, 0.5) is 0 Å². The Kier molecular flexibility index (Phi) is 5.85. The summed E-state index contributed by atoms with van der Waals surface area (Å²) in [7, 11) is -1.39. The number of carbonyl (C=O) groups is 1. The van der Waals surface area contributed by atoms with Gasteiger partial charge in [-0.3, -0.25) is 10.2 Å². The van der Waals surface area contributed by atoms with Gasteiger partial charge in [-0.15, -0.1) is 0 Å². The SMILES string of the molecule is N=C(NC1CCNC1)N1CC(CCCB(O)O)C(N)(C(=O)O)C1. The third kappa shape index (κ3) is 4.34. The van der Waals surface area contributed by atoms with Crippen LogP contribution in [0.15, 0.2) is 0 Å². The van der Waals surface area contributed by atoms with Crippen LogP contribution in [0.1, 0.15) is 19.3 Å². The van der Waals surface area contributed by atoms with Gasteiger partial charge in [-0.1, -0.05) is 6.42 Å². The molecule has 3 unspecified atom stereocenters. The smallest absolute Gasteiger partial charge is 0.451 e. The number of rotatable bonds is 6. The number of nitrogens with one attached hydrogen (secondary N) is 3. The van der Waals surface area contributed by atoms with Crippen LogP contribution >= 0.6 is 0 Å². The highest BCUT2D eigenvalue weighted by molar-refractivity contribution is 6.40. The molecule has 9 nitrogen and oxygen atoms in total. The van der Waals surface area contributed by atoms with Gasteiger partial charge in [0.15, 0.2) is 5.96 Å². The summed E-state index contributed by atoms with van der Waals surface area (Å²) in [4.78, 5) is 13.3. The Morgan fingerprint density at radius 2 is 2.26 bits per heavy atom. The number of carboxylic acid groups (broad SMARTS) is 1. The topological polar surface area (TPSA) is 155 Å². The van der Waals surface area contributed by atoms with Crippen molar-refractivity contribution in [3.8, 4) is 0 Å². The van der Waals surface area contributed by atoms with Crippen molar-refractivity contribution in [3.63, 3.8) is 0 Å². The quantitative estimate of drug-likeness (QED) is 0.165. The first-order valence-corrected chi connectivity index (χ1v) is 8.02. The average molecular weight is 327 g/mol. The fourth-order valence-electron chi connectivity index (χ4n) is 3.31. The fourth-order valence-corrected chi connectivity index (χ4v) is 3.31. The summed E-state index contributed by atoms with van der Waals surface area (Å²) in [5, 5.41) is 41.8. The number of hydrogen-bond acceptors (Lipinski definition) is 6. The third-order valence-corrected chi connectivity index (χ3v) is 4.75. The second-order valence-electron chi connectivity index (χ2n) is 6.52. The number of carboxylic acids is 1. The number of aliphatic carboxylic acids is 1. The van der Waals surface area contributed by atoms with Crippen molar-refractivity contribution in [2.24, 2.45) is 11.7 Å². The summed E-state index contributed by atoms with van der Waals surface area (Å²) < 4.78 is 0. The van der Waals surface area contributed by atoms with E-state index < -0.39 is 18.6 Å². The van der Waals surface area contributed by atoms with Gasteiger partial charge in [0.25, 0.3) is 0 Å². The van der Waals surface area contributed by atoms with Crippen molar-refractivity contribution in [2.75, 3.05) is 26.2 Å². The normalized spacial score (nSPS) is 30.5. The summed E-state index contributed by atoms with van der Waals surface area (Å²) in [6, 6.07) is 0.183. The number of hydrogen-bond donors (Lipinski definition) is 7. The van der Waals surface area contributed by atoms with Crippen LogP contribution in [-0.2, 0) is 4.79 Å². The van der Waals surface area contributed by atoms with Gasteiger partial charge < -0.3 is 36.4 Å². The molecule has 3 atom stereocenters. The van der Waals surface area contributed by atoms with E-state index in [4.69, 9.17) is 21.2 Å². The Morgan fingerprint density at radius 3 is 2.83 bits per heavy atom. The average Bonchev–Trinajstić information content (AvgIpc) is 3.08. The molecule has 0 radical (unpaired) electrons. The summed E-state index contributed by atoms with van der Waals surface area (Å²) in [5.41, 5.74) is 4.68. The van der Waals surface area contributed by atoms with Crippen LogP contribution in [0.3, 0.4) is 0 Å². The molecule has 2 aliphatic rings. The Labute approximate surface area is 135 Å². The zero-order valence-electron chi connectivity index (χ0n) is 13.2. The van der Waals surface area contributed by atoms with Crippen LogP contribution in [-0.4, -0.2) is 76.9 Å². The van der Waals surface area contributed by atoms with Gasteiger partial charge in [0.2, 0.25) is 0 Å². The molecule has 0 aromatic carbocycles. The monoisotopic (exact) mass is 327 g/mol. The molecule has 0 spiro atoms. The maximum atomic E-state index is 11.6. The van der Waals surface area contributed by atoms with E-state index in [0.29, 0.717) is 19.4 Å². The highest BCUT2D eigenvalue weighted by Crippen LogP contribution is 2.30. The highest BCUT2D eigenvalue weighted by Gasteiger charge is 2.50. The van der Waals surface area contributed by atoms with E-state index in [-0.39, 0.29) is 30.8 Å². The Morgan fingerprint density at radius 1 is 1.52 bits per heavy atom. The molecule has 0 amide bonds. The Balaban J connectivity index is 1.95. The molecule has 2 aliphatic heterocycles. The number of nitrogens with two attached hydrogens (primary N) is 1. The minimum Gasteiger partial charge on any atom is -0.480 e. The first-order valence-electron chi connectivity index (χ1n) is 8.02. The largest absolute Gasteiger partial charge is 0.480 e. The van der Waals surface area contributed by atoms with Gasteiger partial charge >= 0.3 is 13.1 Å². The van der Waals surface area contributed by atoms with Crippen molar-refractivity contribution in [3.05, 3.63) is 0 Å². The van der Waals surface area contributed by atoms with Gasteiger partial charge in [0.05, 0.1) is 0 Å². The van der Waals surface area contributed by atoms with Crippen molar-refractivity contribution < 1.29 is 19.9 Å². The summed E-state index contributed by atoms with van der Waals surface area (Å²) in [6.07, 6.45) is 2.08. The fraction of sp³-hybridized carbons (Fsp3) is 0.846. The van der Waals surface area contributed by atoms with E-state index >= 15 is 0 Å². The summed E-state index contributed by atoms with van der Waals surface area (Å²) in [6.45, 7) is 2.17. The summed E-state index contributed by atoms with van der Waals surface area (Å²) in [5.74, 6) is -1.20. The third-order valence-electron chi connectivity index (χ3n) is 4.75. The molecule has 130 valence electrons. The van der Waals surface area contributed by atoms with Crippen LogP contribution in [0.2, 0.25) is 6.32 Å². The van der Waals surface area contributed by atoms with Crippen molar-refractivity contribution in [2.45, 2.75) is 37.2 Å². The molecule has 0 bridgehead atoms. The van der Waals surface area contributed by atoms with E-state index in [0.717, 1.165) is 19.5 Å². The first kappa shape index (κ1) is 18.0. The number of likely N-dealkylation sites (tertiary alicyclic amines) is 1. The first-order chi connectivity index (χ1) is 10.8. The zero-order chi connectivity index (χ0) is 17.0. The molecule has 0 aliphatic carbocycles. The van der Waals surface area contributed by atoms with Gasteiger partial charge in [-0.05, 0) is 25.7 Å². The number of nitrogens with zero attached hydrogens (tertiary/aromatic N) is 1. The second kappa shape index (κ2) is 7.48. The molecule has 8 N–H and O–H groups in total. The van der Waals surface area contributed by atoms with E-state index in [9.17, 15) is 9.90 Å². The highest BCUT2D eigenvalue weighted by atomic mass is 16.4. The minimum atomic E-state index is -1.41. The Hall–Kier alpha value is -1.36. The number of guanidine groups is 1. The predicted octanol–water partition coefficient (Wildman–Crippen LogP) is -2.16. The van der Waals surface area contributed by atoms with Gasteiger partial charge in [0.1, 0.15) is 5.54 Å². The van der Waals surface area contributed by atoms with E-state index in [2.05, 4.69) is 10.6 Å². The van der Waals surface area contributed by atoms with Crippen molar-refractivity contribution in [1.82, 2.24) is 15.5 Å². The second-order valence-corrected chi connectivity index (χ2v) is 6.52. The maximum Gasteiger partial charge on any atom is 0.451 e. The lowest BCUT2D eigenvalue weighted by Crippen LogP contribution is -2.55. The maximum absolute atomic E-state index is 11.6. The van der Waals surface area contributed by atoms with E-state index in [1.807, 2.05) is 0 Å². The molecule has 0 saturated carbocycles. The molecule has 10 heteroatoms. The van der Waals surface area contributed by atoms with Gasteiger partial charge in [0, 0.05) is 31.6 Å². The zero-order valence-corrected chi connectivity index (χ0v) is 13.2. The van der Waals surface area contributed by atoms with Crippen LogP contribution in [0.5, 0.6) is 0 Å². The van der Waals surface area contributed by atoms with Crippen molar-refractivity contribution in [1.29, 1.82) is 5.41 Å². The predicted molar refractivity (Wildman–Crippen MR) is 86.0 cm³/mol. The lowest BCUT2D eigenvalue weighted by atomic mass is 9.78. The molecular formula is C13H26BN5O4. The minimum absolute atomic E-state index is 0.0840. The lowest BCUT2D eigenvalue weighted by Gasteiger charge is -2.25. The molecule has 2 fully saturated rings. The Bertz CT molecular complexity index is 446. The molecular weight excluding hydrogens is 301 g/mol. The van der Waals surface area contributed by atoms with Crippen LogP contribution < -0.4 is 16.4 Å². The molecule has 0 aromatic rings. The van der Waals surface area contributed by atoms with E-state index in [1.54, 1.807) is 4.90 Å². The summed E-state index contributed by atoms with van der Waals surface area (Å²) >= 11 is 0. The van der Waals surface area contributed by atoms with E-state index in [1.165, 1.54) is 0 Å². The van der Waals surface area contributed by atoms with Crippen LogP contribution in [0, 0.1) is 11.3 Å². The standard InChI is InChI=1S/C13H26BN5O4/c15-12(18-10-3-5-17-6-10)19-7-9(2-1-4-14(22)23)13(16,8-19)11(20)21/h9-10,17,22-23H,1-8,16H2,(H2,15,18)(H,20,21). The van der Waals surface area contributed by atoms with Gasteiger partial charge in [-0.2, -0.15) is 0 Å². The molecule has 2 rings (SSSR count). The molecule has 2 heterocycles. The van der Waals surface area contributed by atoms with Gasteiger partial charge in [-0.25, -0.2) is 0 Å². The lowest BCUT2D eigenvalue weighted by molar-refractivity contribution is -0.144.